The van der Waals surface area contributed by atoms with Gasteiger partial charge in [0, 0.05) is 42.3 Å². The lowest BCUT2D eigenvalue weighted by Gasteiger charge is -2.31. The van der Waals surface area contributed by atoms with Gasteiger partial charge in [0.15, 0.2) is 0 Å². The van der Waals surface area contributed by atoms with Gasteiger partial charge in [0.1, 0.15) is 5.65 Å². The number of amides is 1. The fourth-order valence-electron chi connectivity index (χ4n) is 5.01. The van der Waals surface area contributed by atoms with Crippen molar-refractivity contribution in [2.45, 2.75) is 39.3 Å². The van der Waals surface area contributed by atoms with Crippen LogP contribution in [0.1, 0.15) is 32.9 Å². The molecule has 35 heavy (non-hydrogen) atoms. The highest BCUT2D eigenvalue weighted by atomic mass is 32.2. The molecule has 1 saturated heterocycles. The number of fused-ring (bicyclic) bond motifs is 2. The monoisotopic (exact) mass is 493 g/mol. The quantitative estimate of drug-likeness (QED) is 0.602. The van der Waals surface area contributed by atoms with E-state index in [1.807, 2.05) is 80.0 Å². The molecule has 1 amide bonds. The number of imidazole rings is 1. The second-order valence-electron chi connectivity index (χ2n) is 10.5. The average Bonchev–Trinajstić information content (AvgIpc) is 3.50. The molecule has 2 N–H and O–H groups in total. The first-order chi connectivity index (χ1) is 16.5. The molecule has 3 aromatic rings. The van der Waals surface area contributed by atoms with Crippen molar-refractivity contribution >= 4 is 27.2 Å². The van der Waals surface area contributed by atoms with Crippen molar-refractivity contribution in [3.8, 4) is 11.1 Å². The minimum atomic E-state index is -3.49. The Hall–Kier alpha value is -3.01. The lowest BCUT2D eigenvalue weighted by atomic mass is 9.86. The number of hydrogen-bond donors (Lipinski definition) is 1. The maximum atomic E-state index is 13.5. The predicted molar refractivity (Wildman–Crippen MR) is 137 cm³/mol. The zero-order valence-electron chi connectivity index (χ0n) is 20.5. The summed E-state index contributed by atoms with van der Waals surface area (Å²) in [7, 11) is -3.49. The highest BCUT2D eigenvalue weighted by molar-refractivity contribution is 7.88. The van der Waals surface area contributed by atoms with Crippen LogP contribution in [-0.4, -0.2) is 64.3 Å². The zero-order valence-corrected chi connectivity index (χ0v) is 21.3. The van der Waals surface area contributed by atoms with Gasteiger partial charge in [-0.15, -0.1) is 0 Å². The van der Waals surface area contributed by atoms with Gasteiger partial charge in [0.05, 0.1) is 24.0 Å². The molecule has 2 aliphatic heterocycles. The molecule has 5 rings (SSSR count). The molecule has 2 unspecified atom stereocenters. The summed E-state index contributed by atoms with van der Waals surface area (Å²) >= 11 is 0. The average molecular weight is 494 g/mol. The Kier molecular flexibility index (Phi) is 5.62. The van der Waals surface area contributed by atoms with Crippen molar-refractivity contribution in [2.75, 3.05) is 19.3 Å². The van der Waals surface area contributed by atoms with Crippen molar-refractivity contribution in [1.82, 2.24) is 18.6 Å². The number of nitrogens with two attached hydrogens (primary N) is 1. The first-order valence-electron chi connectivity index (χ1n) is 11.8. The molecule has 1 aromatic carbocycles. The molecule has 2 atom stereocenters. The second-order valence-corrected chi connectivity index (χ2v) is 12.4. The van der Waals surface area contributed by atoms with Gasteiger partial charge in [0.25, 0.3) is 0 Å². The van der Waals surface area contributed by atoms with Crippen molar-refractivity contribution in [2.24, 2.45) is 11.1 Å². The van der Waals surface area contributed by atoms with Crippen LogP contribution in [0.4, 0.5) is 0 Å². The first-order valence-corrected chi connectivity index (χ1v) is 13.6. The molecule has 184 valence electrons. The van der Waals surface area contributed by atoms with Crippen molar-refractivity contribution in [3.63, 3.8) is 0 Å². The number of carbonyl (C=O) groups is 1. The van der Waals surface area contributed by atoms with Crippen LogP contribution >= 0.6 is 0 Å². The van der Waals surface area contributed by atoms with E-state index in [9.17, 15) is 13.2 Å². The Balaban J connectivity index is 1.65. The summed E-state index contributed by atoms with van der Waals surface area (Å²) in [6, 6.07) is 12.9. The van der Waals surface area contributed by atoms with Crippen LogP contribution in [0.2, 0.25) is 0 Å². The second kappa shape index (κ2) is 8.29. The fraction of sp³-hybridized carbons (Fsp3) is 0.385. The van der Waals surface area contributed by atoms with E-state index in [1.165, 1.54) is 10.6 Å². The minimum absolute atomic E-state index is 0.178. The van der Waals surface area contributed by atoms with Crippen LogP contribution in [0.3, 0.4) is 0 Å². The highest BCUT2D eigenvalue weighted by Gasteiger charge is 2.48. The van der Waals surface area contributed by atoms with Crippen LogP contribution in [0.25, 0.3) is 22.3 Å². The molecule has 0 spiro atoms. The van der Waals surface area contributed by atoms with Crippen molar-refractivity contribution < 1.29 is 13.2 Å². The summed E-state index contributed by atoms with van der Waals surface area (Å²) < 4.78 is 28.8. The van der Waals surface area contributed by atoms with Gasteiger partial charge in [-0.1, -0.05) is 51.1 Å². The van der Waals surface area contributed by atoms with Gasteiger partial charge in [-0.25, -0.2) is 13.4 Å². The minimum Gasteiger partial charge on any atom is -0.319 e. The van der Waals surface area contributed by atoms with E-state index >= 15 is 0 Å². The van der Waals surface area contributed by atoms with Gasteiger partial charge >= 0.3 is 0 Å². The predicted octanol–water partition coefficient (Wildman–Crippen LogP) is 2.96. The molecule has 2 aliphatic rings. The van der Waals surface area contributed by atoms with Crippen LogP contribution in [0, 0.1) is 5.41 Å². The summed E-state index contributed by atoms with van der Waals surface area (Å²) in [6.07, 6.45) is 5.60. The van der Waals surface area contributed by atoms with Crippen LogP contribution < -0.4 is 5.73 Å². The molecule has 0 bridgehead atoms. The fourth-order valence-corrected chi connectivity index (χ4v) is 6.04. The van der Waals surface area contributed by atoms with Crippen LogP contribution in [0.5, 0.6) is 0 Å². The lowest BCUT2D eigenvalue weighted by Crippen LogP contribution is -2.49. The normalized spacial score (nSPS) is 20.0. The van der Waals surface area contributed by atoms with Gasteiger partial charge in [-0.3, -0.25) is 4.79 Å². The van der Waals surface area contributed by atoms with E-state index in [0.29, 0.717) is 24.4 Å². The Labute approximate surface area is 206 Å². The smallest absolute Gasteiger partial charge is 0.244 e. The lowest BCUT2D eigenvalue weighted by molar-refractivity contribution is -0.132. The van der Waals surface area contributed by atoms with E-state index in [0.717, 1.165) is 22.3 Å². The van der Waals surface area contributed by atoms with Crippen molar-refractivity contribution in [3.05, 3.63) is 66.2 Å². The molecular weight excluding hydrogens is 462 g/mol. The van der Waals surface area contributed by atoms with E-state index in [2.05, 4.69) is 0 Å². The maximum absolute atomic E-state index is 13.5. The number of nitrogens with zero attached hydrogens (tertiary/aromatic N) is 4. The standard InChI is InChI=1S/C26H31N5O3S/c1-26(2,3)23(27)25(32)30-14-12-21-22(30)19(15-31(21)35(4,33)34)20-16-29-13-8-11-18(24(29)28-20)17-9-6-5-7-10-17/h5-11,13,16,21,23H,12,14-15,27H2,1-4H3. The largest absolute Gasteiger partial charge is 0.319 e. The van der Waals surface area contributed by atoms with Gasteiger partial charge in [-0.2, -0.15) is 4.31 Å². The summed E-state index contributed by atoms with van der Waals surface area (Å²) in [6.45, 7) is 6.41. The Morgan fingerprint density at radius 3 is 2.51 bits per heavy atom. The van der Waals surface area contributed by atoms with Crippen molar-refractivity contribution in [1.29, 1.82) is 0 Å². The number of benzene rings is 1. The summed E-state index contributed by atoms with van der Waals surface area (Å²) in [4.78, 5) is 20.1. The topological polar surface area (TPSA) is 101 Å². The molecule has 4 heterocycles. The summed E-state index contributed by atoms with van der Waals surface area (Å²) in [5.41, 5.74) is 10.9. The summed E-state index contributed by atoms with van der Waals surface area (Å²) in [5.74, 6) is -0.184. The molecule has 8 nitrogen and oxygen atoms in total. The van der Waals surface area contributed by atoms with E-state index in [4.69, 9.17) is 10.7 Å². The van der Waals surface area contributed by atoms with E-state index in [1.54, 1.807) is 4.90 Å². The van der Waals surface area contributed by atoms with E-state index < -0.39 is 27.5 Å². The molecule has 0 saturated carbocycles. The molecule has 2 aromatic heterocycles. The molecule has 0 radical (unpaired) electrons. The number of carbonyl (C=O) groups excluding carboxylic acids is 1. The van der Waals surface area contributed by atoms with Gasteiger partial charge in [-0.05, 0) is 29.5 Å². The van der Waals surface area contributed by atoms with E-state index in [-0.39, 0.29) is 12.5 Å². The third kappa shape index (κ3) is 4.07. The number of likely N-dealkylation sites (tertiary alicyclic amines) is 1. The Morgan fingerprint density at radius 1 is 1.14 bits per heavy atom. The number of sulfonamides is 1. The van der Waals surface area contributed by atoms with Gasteiger partial charge in [0.2, 0.25) is 15.9 Å². The first kappa shape index (κ1) is 23.7. The number of hydrogen-bond acceptors (Lipinski definition) is 5. The van der Waals surface area contributed by atoms with Gasteiger partial charge < -0.3 is 15.0 Å². The molecule has 0 aliphatic carbocycles. The highest BCUT2D eigenvalue weighted by Crippen LogP contribution is 2.42. The zero-order chi connectivity index (χ0) is 25.1. The third-order valence-corrected chi connectivity index (χ3v) is 8.21. The maximum Gasteiger partial charge on any atom is 0.244 e. The Bertz CT molecular complexity index is 1440. The Morgan fingerprint density at radius 2 is 1.86 bits per heavy atom. The number of rotatable bonds is 4. The molecule has 9 heteroatoms. The number of pyridine rings is 1. The SMILES string of the molecule is CC(C)(C)C(N)C(=O)N1CCC2C1=C(c1cn3cccc(-c4ccccc4)c3n1)CN2S(C)(=O)=O. The van der Waals surface area contributed by atoms with Crippen LogP contribution in [-0.2, 0) is 14.8 Å². The summed E-state index contributed by atoms with van der Waals surface area (Å²) in [5, 5.41) is 0. The molecule has 1 fully saturated rings. The number of aromatic nitrogens is 2. The van der Waals surface area contributed by atoms with Crippen LogP contribution in [0.15, 0.2) is 60.6 Å². The molecular formula is C26H31N5O3S. The third-order valence-electron chi connectivity index (χ3n) is 6.97.